The summed E-state index contributed by atoms with van der Waals surface area (Å²) < 4.78 is 15.1. The van der Waals surface area contributed by atoms with E-state index < -0.39 is 177 Å². The van der Waals surface area contributed by atoms with Crippen LogP contribution in [-0.2, 0) is 49.4 Å². The Morgan fingerprint density at radius 1 is 0.750 bits per heavy atom. The predicted molar refractivity (Wildman–Crippen MR) is 326 cm³/mol. The van der Waals surface area contributed by atoms with E-state index in [0.29, 0.717) is 22.2 Å². The van der Waals surface area contributed by atoms with Gasteiger partial charge in [-0.3, -0.25) is 38.4 Å². The Kier molecular flexibility index (Phi) is 24.0. The number of aromatic nitrogens is 2. The van der Waals surface area contributed by atoms with Gasteiger partial charge in [-0.05, 0) is 66.4 Å². The molecule has 0 radical (unpaired) electrons. The van der Waals surface area contributed by atoms with Gasteiger partial charge in [0, 0.05) is 61.5 Å². The van der Waals surface area contributed by atoms with Crippen LogP contribution in [0.5, 0.6) is 17.2 Å². The summed E-state index contributed by atoms with van der Waals surface area (Å²) in [4.78, 5) is 115. The molecule has 13 unspecified atom stereocenters. The van der Waals surface area contributed by atoms with E-state index in [0.717, 1.165) is 64.1 Å². The summed E-state index contributed by atoms with van der Waals surface area (Å²) in [5.41, 5.74) is 8.87. The van der Waals surface area contributed by atoms with Crippen LogP contribution < -0.4 is 41.2 Å². The van der Waals surface area contributed by atoms with E-state index in [1.54, 1.807) is 12.1 Å². The van der Waals surface area contributed by atoms with Gasteiger partial charge in [0.2, 0.25) is 41.4 Å². The van der Waals surface area contributed by atoms with Crippen molar-refractivity contribution < 1.29 is 97.7 Å². The average molecular weight is 1320 g/mol. The third-order valence-electron chi connectivity index (χ3n) is 15.7. The van der Waals surface area contributed by atoms with Gasteiger partial charge in [-0.15, -0.1) is 10.2 Å². The summed E-state index contributed by atoms with van der Waals surface area (Å²) in [5.74, 6) is -10.3. The van der Waals surface area contributed by atoms with Gasteiger partial charge >= 0.3 is 0 Å². The van der Waals surface area contributed by atoms with E-state index in [4.69, 9.17) is 19.9 Å². The molecular formula is C60H72N10O20S2. The van der Waals surface area contributed by atoms with Crippen molar-refractivity contribution in [1.82, 2.24) is 46.6 Å². The van der Waals surface area contributed by atoms with Crippen molar-refractivity contribution in [3.63, 3.8) is 0 Å². The Labute approximate surface area is 534 Å². The van der Waals surface area contributed by atoms with Crippen molar-refractivity contribution in [3.05, 3.63) is 102 Å². The van der Waals surface area contributed by atoms with E-state index in [-0.39, 0.29) is 29.2 Å². The molecule has 5 aromatic rings. The first-order chi connectivity index (χ1) is 43.9. The number of amides is 8. The number of unbranched alkanes of at least 4 members (excludes halogenated alkanes) is 1. The molecule has 0 spiro atoms. The van der Waals surface area contributed by atoms with Crippen molar-refractivity contribution in [1.29, 1.82) is 0 Å². The largest absolute Gasteiger partial charge is 0.504 e. The van der Waals surface area contributed by atoms with Gasteiger partial charge in [0.1, 0.15) is 52.0 Å². The molecule has 3 saturated heterocycles. The quantitative estimate of drug-likeness (QED) is 0.0204. The normalized spacial score (nSPS) is 24.6. The van der Waals surface area contributed by atoms with E-state index >= 15 is 0 Å². The molecule has 494 valence electrons. The number of phenols is 1. The van der Waals surface area contributed by atoms with Crippen LogP contribution in [0.1, 0.15) is 68.8 Å². The molecule has 13 atom stereocenters. The number of hydrogen-bond donors (Lipinski definition) is 14. The summed E-state index contributed by atoms with van der Waals surface area (Å²) in [6.07, 6.45) is -11.7. The monoisotopic (exact) mass is 1320 g/mol. The van der Waals surface area contributed by atoms with Crippen molar-refractivity contribution in [2.45, 2.75) is 132 Å². The van der Waals surface area contributed by atoms with Crippen LogP contribution in [0.25, 0.3) is 32.3 Å². The molecule has 1 aromatic heterocycles. The number of rotatable bonds is 20. The molecule has 0 bridgehead atoms. The molecule has 3 aliphatic rings. The number of aliphatic hydroxyl groups is 6. The van der Waals surface area contributed by atoms with Gasteiger partial charge in [-0.25, -0.2) is 5.26 Å². The van der Waals surface area contributed by atoms with Gasteiger partial charge in [-0.2, -0.15) is 0 Å². The zero-order chi connectivity index (χ0) is 66.5. The molecule has 3 fully saturated rings. The van der Waals surface area contributed by atoms with Gasteiger partial charge in [-0.1, -0.05) is 95.6 Å². The molecule has 0 aliphatic carbocycles. The molecule has 8 amide bonds. The van der Waals surface area contributed by atoms with Crippen LogP contribution >= 0.6 is 23.7 Å². The second kappa shape index (κ2) is 31.8. The molecule has 4 aromatic carbocycles. The van der Waals surface area contributed by atoms with Gasteiger partial charge < -0.3 is 86.8 Å². The van der Waals surface area contributed by atoms with Crippen LogP contribution in [0.4, 0.5) is 0 Å². The first-order valence-electron chi connectivity index (χ1n) is 29.3. The summed E-state index contributed by atoms with van der Waals surface area (Å²) >= 11 is 1.35. The fourth-order valence-electron chi connectivity index (χ4n) is 10.8. The number of nitrogens with one attached hydrogen (secondary N) is 5. The number of fused-ring (bicyclic) bond motifs is 2. The van der Waals surface area contributed by atoms with Gasteiger partial charge in [0.15, 0.2) is 11.5 Å². The minimum atomic E-state index is -2.22. The third kappa shape index (κ3) is 17.4. The number of carbonyl (C=O) groups excluding carboxylic acids is 8. The number of β-amino-alcohol motifs (C(OH)–C–C–N with tert-alkyl or cyclic N) is 1. The van der Waals surface area contributed by atoms with Crippen molar-refractivity contribution in [2.75, 3.05) is 26.2 Å². The fourth-order valence-corrected chi connectivity index (χ4v) is 11.9. The summed E-state index contributed by atoms with van der Waals surface area (Å²) in [6, 6.07) is 13.5. The molecule has 30 nitrogen and oxygen atoms in total. The first-order valence-corrected chi connectivity index (χ1v) is 30.8. The number of ether oxygens (including phenoxy) is 1. The molecule has 0 saturated carbocycles. The highest BCUT2D eigenvalue weighted by Crippen LogP contribution is 2.34. The maximum absolute atomic E-state index is 14.7. The lowest BCUT2D eigenvalue weighted by Gasteiger charge is -2.33. The molecule has 3 aliphatic heterocycles. The second-order valence-corrected chi connectivity index (χ2v) is 24.0. The molecule has 4 heterocycles. The van der Waals surface area contributed by atoms with Crippen LogP contribution in [0.15, 0.2) is 91.0 Å². The van der Waals surface area contributed by atoms with Gasteiger partial charge in [0.05, 0.1) is 49.7 Å². The number of hydrogen-bond acceptors (Lipinski definition) is 24. The number of carbonyl (C=O) groups is 8. The topological polar surface area (TPSA) is 454 Å². The number of aromatic hydroxyl groups is 1. The van der Waals surface area contributed by atoms with Gasteiger partial charge in [0.25, 0.3) is 18.2 Å². The van der Waals surface area contributed by atoms with Crippen LogP contribution in [0.3, 0.4) is 0 Å². The Bertz CT molecular complexity index is 3420. The Balaban J connectivity index is 1.06. The number of benzene rings is 4. The zero-order valence-corrected chi connectivity index (χ0v) is 51.5. The standard InChI is InChI=1S/C60H72N10O20S2/c1-4-5-20-87-39-17-15-33(16-18-39)32-7-11-35(12-8-32)57-67-68-58(91-57)36-13-9-34(10-14-36)52(79)63-40-23-37(72)26-62-56(83)50-51(78)29(2)27-70(50)60(85)49(44(76)25-46(61)77)66-55(82)48(43(75)21-31-6-19-42(74)45(22-31)88-92-90-89-86)65-54(81)41-24-38(73)28-69(41)59(84)47(30(3)71)64-53(40)80/h6-19,22,29-30,37-38,40-41,43-44,47-51,71-76,78,86H,4-5,20-21,23-28H2,1-3H3,(H2,61,77)(H,62,83)(H,63,79)(H,64,80)(H,65,81)(H,66,82). The smallest absolute Gasteiger partial charge is 0.261 e. The minimum absolute atomic E-state index is 0.00111. The number of nitrogens with zero attached hydrogens (tertiary/aromatic N) is 4. The Morgan fingerprint density at radius 3 is 1.99 bits per heavy atom. The highest BCUT2D eigenvalue weighted by atomic mass is 32.2. The SMILES string of the molecule is CCCCOc1ccc(-c2ccc(-c3nnc(-c4ccc(C(=O)NC5CC(O)CNC(=O)C6C(O)C(C)CN6C(=O)C(C(O)CC(N)=O)NC(=O)C(C(O)Cc6ccc(O)c(OSOOO)c6)NC(=O)C6CC(O)CN6C(=O)C(C(C)O)NC5=O)cc4)s3)cc2)cc1. The number of phenolic OH excluding ortho intramolecular Hbond substituents is 1. The zero-order valence-electron chi connectivity index (χ0n) is 49.9. The minimum Gasteiger partial charge on any atom is -0.504 e. The van der Waals surface area contributed by atoms with Crippen LogP contribution in [0, 0.1) is 5.92 Å². The second-order valence-electron chi connectivity index (χ2n) is 22.6. The summed E-state index contributed by atoms with van der Waals surface area (Å²) in [7, 11) is 0. The van der Waals surface area contributed by atoms with Crippen LogP contribution in [-0.4, -0.2) is 207 Å². The van der Waals surface area contributed by atoms with E-state index in [1.807, 2.05) is 48.5 Å². The van der Waals surface area contributed by atoms with E-state index in [9.17, 15) is 74.1 Å². The Hall–Kier alpha value is -8.41. The maximum Gasteiger partial charge on any atom is 0.261 e. The lowest BCUT2D eigenvalue weighted by molar-refractivity contribution is -0.433. The lowest BCUT2D eigenvalue weighted by Crippen LogP contribution is -2.64. The molecule has 15 N–H and O–H groups in total. The molecule has 8 rings (SSSR count). The summed E-state index contributed by atoms with van der Waals surface area (Å²) in [5, 5.41) is 113. The summed E-state index contributed by atoms with van der Waals surface area (Å²) in [6.45, 7) is 3.60. The van der Waals surface area contributed by atoms with Crippen molar-refractivity contribution in [3.8, 4) is 49.5 Å². The third-order valence-corrected chi connectivity index (χ3v) is 17.1. The maximum atomic E-state index is 14.7. The number of aliphatic hydroxyl groups excluding tert-OH is 6. The highest BCUT2D eigenvalue weighted by molar-refractivity contribution is 7.90. The van der Waals surface area contributed by atoms with E-state index in [2.05, 4.69) is 53.1 Å². The van der Waals surface area contributed by atoms with Crippen LogP contribution in [0.2, 0.25) is 0 Å². The lowest BCUT2D eigenvalue weighted by atomic mass is 9.98. The average Bonchev–Trinajstić information content (AvgIpc) is 1.63. The van der Waals surface area contributed by atoms with Crippen molar-refractivity contribution >= 4 is 70.9 Å². The van der Waals surface area contributed by atoms with Crippen molar-refractivity contribution in [2.24, 2.45) is 11.7 Å². The molecule has 32 heteroatoms. The van der Waals surface area contributed by atoms with E-state index in [1.165, 1.54) is 36.5 Å². The first kappa shape index (κ1) is 69.5. The highest BCUT2D eigenvalue weighted by Gasteiger charge is 2.50. The molecular weight excluding hydrogens is 1240 g/mol. The predicted octanol–water partition coefficient (Wildman–Crippen LogP) is -0.389. The number of nitrogens with two attached hydrogens (primary N) is 1. The Morgan fingerprint density at radius 2 is 1.36 bits per heavy atom. The number of primary amides is 1. The fraction of sp³-hybridized carbons (Fsp3) is 0.433. The molecule has 92 heavy (non-hydrogen) atoms.